The molecule has 0 aliphatic carbocycles. The number of hydrogen-bond acceptors (Lipinski definition) is 1. The van der Waals surface area contributed by atoms with Gasteiger partial charge >= 0.3 is 0 Å². The molecule has 0 spiro atoms. The number of benzene rings is 1. The Bertz CT molecular complexity index is 411. The minimum absolute atomic E-state index is 0. The Morgan fingerprint density at radius 2 is 1.79 bits per heavy atom. The van der Waals surface area contributed by atoms with Crippen LogP contribution in [-0.2, 0) is 6.54 Å². The second-order valence-electron chi connectivity index (χ2n) is 2.98. The average Bonchev–Trinajstić information content (AvgIpc) is 2.19. The topological polar surface area (TPSA) is 24.1 Å². The summed E-state index contributed by atoms with van der Waals surface area (Å²) in [5.41, 5.74) is 1.17. The van der Waals surface area contributed by atoms with Crippen molar-refractivity contribution in [3.8, 4) is 0 Å². The van der Waals surface area contributed by atoms with Crippen molar-refractivity contribution in [1.29, 1.82) is 0 Å². The lowest BCUT2D eigenvalue weighted by atomic mass is 10.2. The number of hydrogen-bond donors (Lipinski definition) is 1. The molecule has 74 valence electrons. The van der Waals surface area contributed by atoms with Gasteiger partial charge in [0.1, 0.15) is 6.61 Å². The largest absolute Gasteiger partial charge is 1.00 e. The first-order valence-corrected chi connectivity index (χ1v) is 4.40. The number of pyridine rings is 1. The van der Waals surface area contributed by atoms with E-state index in [1.165, 1.54) is 10.9 Å². The van der Waals surface area contributed by atoms with E-state index in [4.69, 9.17) is 5.11 Å². The predicted octanol–water partition coefficient (Wildman–Crippen LogP) is -1.88. The van der Waals surface area contributed by atoms with Gasteiger partial charge in [-0.05, 0) is 12.1 Å². The van der Waals surface area contributed by atoms with Gasteiger partial charge in [-0.25, -0.2) is 0 Å². The van der Waals surface area contributed by atoms with Crippen LogP contribution in [0.2, 0.25) is 0 Å². The second kappa shape index (κ2) is 5.26. The number of para-hydroxylation sites is 1. The molecule has 2 rings (SSSR count). The van der Waals surface area contributed by atoms with E-state index in [0.29, 0.717) is 6.54 Å². The standard InChI is InChI=1S/C11H12NO.HI/c13-9-8-12-7-3-5-10-4-1-2-6-11(10)12;/h1-7,13H,8-9H2;1H/q+1;/p-1. The minimum atomic E-state index is 0. The summed E-state index contributed by atoms with van der Waals surface area (Å²) >= 11 is 0. The molecule has 14 heavy (non-hydrogen) atoms. The SMILES string of the molecule is OCC[n+]1cccc2ccccc21.[I-]. The van der Waals surface area contributed by atoms with Crippen molar-refractivity contribution >= 4 is 10.9 Å². The lowest BCUT2D eigenvalue weighted by molar-refractivity contribution is -0.672. The number of rotatable bonds is 2. The van der Waals surface area contributed by atoms with Gasteiger partial charge in [-0.2, -0.15) is 4.57 Å². The summed E-state index contributed by atoms with van der Waals surface area (Å²) in [5, 5.41) is 10.1. The Labute approximate surface area is 100 Å². The minimum Gasteiger partial charge on any atom is -1.00 e. The van der Waals surface area contributed by atoms with E-state index in [2.05, 4.69) is 22.8 Å². The molecular formula is C11H12INO. The lowest BCUT2D eigenvalue weighted by Gasteiger charge is -1.98. The molecule has 0 radical (unpaired) electrons. The maximum atomic E-state index is 8.86. The second-order valence-corrected chi connectivity index (χ2v) is 2.98. The highest BCUT2D eigenvalue weighted by Gasteiger charge is 2.04. The van der Waals surface area contributed by atoms with E-state index in [1.54, 1.807) is 0 Å². The molecule has 0 bridgehead atoms. The molecule has 0 fully saturated rings. The molecule has 2 aromatic rings. The van der Waals surface area contributed by atoms with E-state index >= 15 is 0 Å². The smallest absolute Gasteiger partial charge is 0.212 e. The Morgan fingerprint density at radius 1 is 1.07 bits per heavy atom. The van der Waals surface area contributed by atoms with Gasteiger partial charge in [-0.1, -0.05) is 12.1 Å². The van der Waals surface area contributed by atoms with Crippen molar-refractivity contribution < 1.29 is 33.7 Å². The highest BCUT2D eigenvalue weighted by atomic mass is 127. The monoisotopic (exact) mass is 301 g/mol. The van der Waals surface area contributed by atoms with E-state index in [-0.39, 0.29) is 30.6 Å². The summed E-state index contributed by atoms with van der Waals surface area (Å²) in [6.45, 7) is 0.833. The molecule has 1 aromatic heterocycles. The maximum Gasteiger partial charge on any atom is 0.212 e. The molecule has 2 nitrogen and oxygen atoms in total. The van der Waals surface area contributed by atoms with Crippen molar-refractivity contribution in [2.24, 2.45) is 0 Å². The first-order valence-electron chi connectivity index (χ1n) is 4.40. The van der Waals surface area contributed by atoms with Crippen molar-refractivity contribution in [2.45, 2.75) is 6.54 Å². The van der Waals surface area contributed by atoms with Gasteiger partial charge < -0.3 is 29.1 Å². The number of aliphatic hydroxyl groups excluding tert-OH is 1. The molecule has 0 amide bonds. The van der Waals surface area contributed by atoms with Crippen molar-refractivity contribution in [2.75, 3.05) is 6.61 Å². The molecule has 1 aromatic carbocycles. The van der Waals surface area contributed by atoms with Gasteiger partial charge in [-0.15, -0.1) is 0 Å². The van der Waals surface area contributed by atoms with E-state index < -0.39 is 0 Å². The number of aromatic nitrogens is 1. The highest BCUT2D eigenvalue weighted by molar-refractivity contribution is 5.74. The fraction of sp³-hybridized carbons (Fsp3) is 0.182. The van der Waals surface area contributed by atoms with Crippen LogP contribution in [0.25, 0.3) is 10.9 Å². The third kappa shape index (κ3) is 2.22. The first kappa shape index (κ1) is 11.4. The van der Waals surface area contributed by atoms with Crippen LogP contribution in [0.1, 0.15) is 0 Å². The van der Waals surface area contributed by atoms with Crippen LogP contribution in [0.3, 0.4) is 0 Å². The fourth-order valence-electron chi connectivity index (χ4n) is 1.52. The quantitative estimate of drug-likeness (QED) is 0.510. The van der Waals surface area contributed by atoms with Gasteiger partial charge in [0.25, 0.3) is 0 Å². The maximum absolute atomic E-state index is 8.86. The summed E-state index contributed by atoms with van der Waals surface area (Å²) < 4.78 is 2.05. The van der Waals surface area contributed by atoms with Crippen LogP contribution in [-0.4, -0.2) is 11.7 Å². The molecule has 0 aliphatic heterocycles. The average molecular weight is 301 g/mol. The molecule has 1 N–H and O–H groups in total. The summed E-state index contributed by atoms with van der Waals surface area (Å²) in [5.74, 6) is 0. The number of halogens is 1. The molecular weight excluding hydrogens is 289 g/mol. The van der Waals surface area contributed by atoms with Crippen molar-refractivity contribution in [1.82, 2.24) is 0 Å². The zero-order valence-corrected chi connectivity index (χ0v) is 9.89. The molecule has 0 unspecified atom stereocenters. The van der Waals surface area contributed by atoms with E-state index in [0.717, 1.165) is 0 Å². The van der Waals surface area contributed by atoms with Gasteiger partial charge in [0.2, 0.25) is 5.52 Å². The summed E-state index contributed by atoms with van der Waals surface area (Å²) in [7, 11) is 0. The van der Waals surface area contributed by atoms with Gasteiger partial charge in [0.15, 0.2) is 12.7 Å². The van der Waals surface area contributed by atoms with Crippen LogP contribution in [0.5, 0.6) is 0 Å². The molecule has 3 heteroatoms. The Morgan fingerprint density at radius 3 is 2.57 bits per heavy atom. The summed E-state index contributed by atoms with van der Waals surface area (Å²) in [6, 6.07) is 12.2. The lowest BCUT2D eigenvalue weighted by Crippen LogP contribution is -3.00. The normalized spacial score (nSPS) is 9.79. The first-order chi connectivity index (χ1) is 6.42. The Balaban J connectivity index is 0.000000980. The van der Waals surface area contributed by atoms with Crippen molar-refractivity contribution in [3.05, 3.63) is 42.6 Å². The Kier molecular flexibility index (Phi) is 4.28. The Hall–Kier alpha value is -0.680. The van der Waals surface area contributed by atoms with E-state index in [1.807, 2.05) is 24.4 Å². The predicted molar refractivity (Wildman–Crippen MR) is 51.2 cm³/mol. The van der Waals surface area contributed by atoms with Crippen LogP contribution in [0, 0.1) is 0 Å². The van der Waals surface area contributed by atoms with Crippen molar-refractivity contribution in [3.63, 3.8) is 0 Å². The molecule has 0 saturated carbocycles. The molecule has 0 aliphatic rings. The van der Waals surface area contributed by atoms with Gasteiger partial charge in [-0.3, -0.25) is 0 Å². The van der Waals surface area contributed by atoms with Crippen LogP contribution >= 0.6 is 0 Å². The van der Waals surface area contributed by atoms with Crippen LogP contribution in [0.4, 0.5) is 0 Å². The zero-order valence-electron chi connectivity index (χ0n) is 7.73. The number of aliphatic hydroxyl groups is 1. The van der Waals surface area contributed by atoms with Gasteiger partial charge in [0.05, 0.1) is 0 Å². The highest BCUT2D eigenvalue weighted by Crippen LogP contribution is 2.07. The van der Waals surface area contributed by atoms with Crippen LogP contribution in [0.15, 0.2) is 42.6 Å². The molecule has 0 atom stereocenters. The third-order valence-corrected chi connectivity index (χ3v) is 2.13. The van der Waals surface area contributed by atoms with Crippen LogP contribution < -0.4 is 28.5 Å². The molecule has 1 heterocycles. The summed E-state index contributed by atoms with van der Waals surface area (Å²) in [4.78, 5) is 0. The fourth-order valence-corrected chi connectivity index (χ4v) is 1.52. The third-order valence-electron chi connectivity index (χ3n) is 2.13. The summed E-state index contributed by atoms with van der Waals surface area (Å²) in [6.07, 6.45) is 1.98. The van der Waals surface area contributed by atoms with Gasteiger partial charge in [0, 0.05) is 17.5 Å². The molecule has 0 saturated heterocycles. The number of nitrogens with zero attached hydrogens (tertiary/aromatic N) is 1. The zero-order chi connectivity index (χ0) is 9.10. The number of fused-ring (bicyclic) bond motifs is 1. The van der Waals surface area contributed by atoms with E-state index in [9.17, 15) is 0 Å².